The molecular formula is C31H39N3O5S. The van der Waals surface area contributed by atoms with E-state index < -0.39 is 28.5 Å². The summed E-state index contributed by atoms with van der Waals surface area (Å²) in [4.78, 5) is 28.4. The SMILES string of the molecule is CCCNC(=O)C(C)N(CCc1ccccc1)C(=O)CN(c1ccccc1OCC)S(=O)(=O)c1ccc(C)cc1. The Hall–Kier alpha value is -3.85. The van der Waals surface area contributed by atoms with Crippen LogP contribution in [-0.2, 0) is 26.0 Å². The largest absolute Gasteiger partial charge is 0.492 e. The van der Waals surface area contributed by atoms with E-state index in [0.29, 0.717) is 25.3 Å². The number of anilines is 1. The van der Waals surface area contributed by atoms with Crippen molar-refractivity contribution in [2.24, 2.45) is 0 Å². The van der Waals surface area contributed by atoms with Crippen molar-refractivity contribution in [1.82, 2.24) is 10.2 Å². The van der Waals surface area contributed by atoms with Crippen LogP contribution in [0.3, 0.4) is 0 Å². The zero-order valence-corrected chi connectivity index (χ0v) is 24.5. The van der Waals surface area contributed by atoms with Crippen LogP contribution in [0.15, 0.2) is 83.8 Å². The molecular weight excluding hydrogens is 526 g/mol. The third-order valence-electron chi connectivity index (χ3n) is 6.52. The minimum atomic E-state index is -4.16. The number of hydrogen-bond acceptors (Lipinski definition) is 5. The molecule has 0 aromatic heterocycles. The monoisotopic (exact) mass is 565 g/mol. The predicted octanol–water partition coefficient (Wildman–Crippen LogP) is 4.58. The van der Waals surface area contributed by atoms with Crippen LogP contribution in [0.5, 0.6) is 5.75 Å². The fourth-order valence-electron chi connectivity index (χ4n) is 4.26. The molecule has 214 valence electrons. The van der Waals surface area contributed by atoms with Crippen LogP contribution in [0.1, 0.15) is 38.3 Å². The third kappa shape index (κ3) is 7.85. The number of aryl methyl sites for hydroxylation is 1. The van der Waals surface area contributed by atoms with Crippen molar-refractivity contribution in [3.05, 3.63) is 90.0 Å². The second kappa shape index (κ2) is 14.5. The number of benzene rings is 3. The maximum Gasteiger partial charge on any atom is 0.264 e. The van der Waals surface area contributed by atoms with Gasteiger partial charge in [-0.3, -0.25) is 13.9 Å². The smallest absolute Gasteiger partial charge is 0.264 e. The van der Waals surface area contributed by atoms with E-state index in [9.17, 15) is 18.0 Å². The number of carbonyl (C=O) groups excluding carboxylic acids is 2. The Labute approximate surface area is 238 Å². The highest BCUT2D eigenvalue weighted by Gasteiger charge is 2.33. The summed E-state index contributed by atoms with van der Waals surface area (Å²) < 4.78 is 34.8. The molecule has 8 nitrogen and oxygen atoms in total. The topological polar surface area (TPSA) is 96.0 Å². The van der Waals surface area contributed by atoms with Gasteiger partial charge in [0.25, 0.3) is 10.0 Å². The Morgan fingerprint density at radius 3 is 2.23 bits per heavy atom. The summed E-state index contributed by atoms with van der Waals surface area (Å²) in [5.41, 5.74) is 2.17. The highest BCUT2D eigenvalue weighted by Crippen LogP contribution is 2.33. The van der Waals surface area contributed by atoms with Crippen LogP contribution in [0, 0.1) is 6.92 Å². The molecule has 3 aromatic rings. The molecule has 3 rings (SSSR count). The van der Waals surface area contributed by atoms with Gasteiger partial charge in [-0.25, -0.2) is 8.42 Å². The van der Waals surface area contributed by atoms with Crippen LogP contribution in [-0.4, -0.2) is 57.4 Å². The zero-order chi connectivity index (χ0) is 29.1. The van der Waals surface area contributed by atoms with Gasteiger partial charge in [0.2, 0.25) is 11.8 Å². The summed E-state index contributed by atoms with van der Waals surface area (Å²) in [6.07, 6.45) is 1.27. The van der Waals surface area contributed by atoms with E-state index in [0.717, 1.165) is 21.9 Å². The van der Waals surface area contributed by atoms with Crippen molar-refractivity contribution in [2.45, 2.75) is 51.5 Å². The molecule has 0 aliphatic heterocycles. The van der Waals surface area contributed by atoms with Crippen molar-refractivity contribution in [2.75, 3.05) is 30.5 Å². The Morgan fingerprint density at radius 2 is 1.57 bits per heavy atom. The van der Waals surface area contributed by atoms with Gasteiger partial charge in [0, 0.05) is 13.1 Å². The number of sulfonamides is 1. The summed E-state index contributed by atoms with van der Waals surface area (Å²) >= 11 is 0. The van der Waals surface area contributed by atoms with Crippen molar-refractivity contribution in [3.8, 4) is 5.75 Å². The summed E-state index contributed by atoms with van der Waals surface area (Å²) in [6.45, 7) is 7.85. The normalized spacial score (nSPS) is 11.9. The average Bonchev–Trinajstić information content (AvgIpc) is 2.96. The number of hydrogen-bond donors (Lipinski definition) is 1. The first kappa shape index (κ1) is 30.7. The molecule has 1 atom stereocenters. The molecule has 9 heteroatoms. The quantitative estimate of drug-likeness (QED) is 0.309. The maximum atomic E-state index is 14.0. The minimum absolute atomic E-state index is 0.0572. The van der Waals surface area contributed by atoms with Gasteiger partial charge in [-0.2, -0.15) is 0 Å². The Bertz CT molecular complexity index is 1360. The second-order valence-electron chi connectivity index (χ2n) is 9.52. The van der Waals surface area contributed by atoms with Gasteiger partial charge in [-0.1, -0.05) is 67.1 Å². The number of para-hydroxylation sites is 2. The maximum absolute atomic E-state index is 14.0. The van der Waals surface area contributed by atoms with Gasteiger partial charge in [-0.15, -0.1) is 0 Å². The fourth-order valence-corrected chi connectivity index (χ4v) is 5.68. The molecule has 0 saturated carbocycles. The van der Waals surface area contributed by atoms with Gasteiger partial charge < -0.3 is 15.0 Å². The van der Waals surface area contributed by atoms with E-state index in [1.165, 1.54) is 17.0 Å². The average molecular weight is 566 g/mol. The molecule has 3 aromatic carbocycles. The summed E-state index contributed by atoms with van der Waals surface area (Å²) in [6, 6.07) is 22.1. The van der Waals surface area contributed by atoms with Gasteiger partial charge in [-0.05, 0) is 63.4 Å². The van der Waals surface area contributed by atoms with Crippen LogP contribution >= 0.6 is 0 Å². The minimum Gasteiger partial charge on any atom is -0.492 e. The molecule has 0 bridgehead atoms. The second-order valence-corrected chi connectivity index (χ2v) is 11.4. The highest BCUT2D eigenvalue weighted by atomic mass is 32.2. The molecule has 0 aliphatic carbocycles. The molecule has 0 heterocycles. The highest BCUT2D eigenvalue weighted by molar-refractivity contribution is 7.92. The fraction of sp³-hybridized carbons (Fsp3) is 0.355. The summed E-state index contributed by atoms with van der Waals surface area (Å²) in [5.74, 6) is -0.430. The first-order valence-electron chi connectivity index (χ1n) is 13.6. The van der Waals surface area contributed by atoms with Crippen molar-refractivity contribution in [1.29, 1.82) is 0 Å². The number of nitrogens with one attached hydrogen (secondary N) is 1. The Balaban J connectivity index is 2.02. The molecule has 40 heavy (non-hydrogen) atoms. The number of rotatable bonds is 14. The first-order valence-corrected chi connectivity index (χ1v) is 15.0. The molecule has 0 saturated heterocycles. The van der Waals surface area contributed by atoms with E-state index in [1.807, 2.05) is 51.1 Å². The van der Waals surface area contributed by atoms with Crippen LogP contribution in [0.2, 0.25) is 0 Å². The van der Waals surface area contributed by atoms with E-state index in [4.69, 9.17) is 4.74 Å². The number of ether oxygens (including phenoxy) is 1. The molecule has 0 radical (unpaired) electrons. The van der Waals surface area contributed by atoms with E-state index in [1.54, 1.807) is 43.3 Å². The number of nitrogens with zero attached hydrogens (tertiary/aromatic N) is 2. The molecule has 1 N–H and O–H groups in total. The van der Waals surface area contributed by atoms with Crippen LogP contribution < -0.4 is 14.4 Å². The lowest BCUT2D eigenvalue weighted by molar-refractivity contribution is -0.138. The summed E-state index contributed by atoms with van der Waals surface area (Å²) in [5, 5.41) is 2.85. The molecule has 1 unspecified atom stereocenters. The van der Waals surface area contributed by atoms with Gasteiger partial charge in [0.05, 0.1) is 17.2 Å². The van der Waals surface area contributed by atoms with Crippen molar-refractivity contribution in [3.63, 3.8) is 0 Å². The molecule has 0 fully saturated rings. The van der Waals surface area contributed by atoms with E-state index in [2.05, 4.69) is 5.32 Å². The van der Waals surface area contributed by atoms with E-state index >= 15 is 0 Å². The first-order chi connectivity index (χ1) is 19.2. The Kier molecular flexibility index (Phi) is 11.1. The van der Waals surface area contributed by atoms with Gasteiger partial charge in [0.15, 0.2) is 0 Å². The third-order valence-corrected chi connectivity index (χ3v) is 8.30. The zero-order valence-electron chi connectivity index (χ0n) is 23.7. The Morgan fingerprint density at radius 1 is 0.925 bits per heavy atom. The number of carbonyl (C=O) groups is 2. The van der Waals surface area contributed by atoms with Gasteiger partial charge >= 0.3 is 0 Å². The van der Waals surface area contributed by atoms with Crippen molar-refractivity contribution < 1.29 is 22.7 Å². The molecule has 2 amide bonds. The van der Waals surface area contributed by atoms with Gasteiger partial charge in [0.1, 0.15) is 18.3 Å². The van der Waals surface area contributed by atoms with Crippen molar-refractivity contribution >= 4 is 27.5 Å². The van der Waals surface area contributed by atoms with E-state index in [-0.39, 0.29) is 23.0 Å². The molecule has 0 spiro atoms. The lowest BCUT2D eigenvalue weighted by Gasteiger charge is -2.32. The standard InChI is InChI=1S/C31H39N3O5S/c1-5-21-32-31(36)25(4)33(22-20-26-12-8-7-9-13-26)30(35)23-34(28-14-10-11-15-29(28)39-6-2)40(37,38)27-18-16-24(3)17-19-27/h7-19,25H,5-6,20-23H2,1-4H3,(H,32,36). The number of amides is 2. The van der Waals surface area contributed by atoms with Crippen LogP contribution in [0.25, 0.3) is 0 Å². The summed E-state index contributed by atoms with van der Waals surface area (Å²) in [7, 11) is -4.16. The van der Waals surface area contributed by atoms with Crippen LogP contribution in [0.4, 0.5) is 5.69 Å². The predicted molar refractivity (Wildman–Crippen MR) is 158 cm³/mol. The lowest BCUT2D eigenvalue weighted by Crippen LogP contribution is -2.52. The molecule has 0 aliphatic rings. The lowest BCUT2D eigenvalue weighted by atomic mass is 10.1.